The lowest BCUT2D eigenvalue weighted by Crippen LogP contribution is -2.35. The second-order valence-corrected chi connectivity index (χ2v) is 6.21. The van der Waals surface area contributed by atoms with Crippen LogP contribution in [0.15, 0.2) is 24.3 Å². The molecular weight excluding hydrogens is 270 g/mol. The minimum absolute atomic E-state index is 0.569. The third-order valence-corrected chi connectivity index (χ3v) is 4.29. The van der Waals surface area contributed by atoms with Crippen LogP contribution in [0.5, 0.6) is 0 Å². The summed E-state index contributed by atoms with van der Waals surface area (Å²) in [4.78, 5) is 0. The second-order valence-electron chi connectivity index (χ2n) is 5.77. The summed E-state index contributed by atoms with van der Waals surface area (Å²) in [6.45, 7) is 5.19. The number of rotatable bonds is 7. The number of hydrogen-bond donors (Lipinski definition) is 1. The molecule has 1 aromatic rings. The highest BCUT2D eigenvalue weighted by molar-refractivity contribution is 6.30. The highest BCUT2D eigenvalue weighted by Crippen LogP contribution is 2.22. The van der Waals surface area contributed by atoms with Gasteiger partial charge in [-0.25, -0.2) is 0 Å². The zero-order valence-corrected chi connectivity index (χ0v) is 13.2. The number of ether oxygens (including phenoxy) is 1. The lowest BCUT2D eigenvalue weighted by molar-refractivity contribution is 0.0605. The Labute approximate surface area is 127 Å². The molecule has 1 unspecified atom stereocenters. The van der Waals surface area contributed by atoms with Gasteiger partial charge in [0.1, 0.15) is 0 Å². The molecule has 1 N–H and O–H groups in total. The van der Waals surface area contributed by atoms with E-state index in [0.717, 1.165) is 37.1 Å². The predicted octanol–water partition coefficient (Wildman–Crippen LogP) is 4.07. The van der Waals surface area contributed by atoms with E-state index < -0.39 is 0 Å². The maximum atomic E-state index is 5.96. The normalized spacial score (nSPS) is 18.1. The highest BCUT2D eigenvalue weighted by Gasteiger charge is 2.19. The Morgan fingerprint density at radius 2 is 1.95 bits per heavy atom. The van der Waals surface area contributed by atoms with Crippen LogP contribution in [0.4, 0.5) is 0 Å². The van der Waals surface area contributed by atoms with Crippen molar-refractivity contribution < 1.29 is 4.74 Å². The van der Waals surface area contributed by atoms with Crippen molar-refractivity contribution in [3.8, 4) is 0 Å². The van der Waals surface area contributed by atoms with Crippen LogP contribution >= 0.6 is 11.6 Å². The standard InChI is InChI=1S/C17H26ClNO/c1-2-9-19-17(13-15-7-10-20-11-8-15)12-14-3-5-16(18)6-4-14/h3-6,15,17,19H,2,7-13H2,1H3. The molecule has 1 aliphatic rings. The molecule has 3 heteroatoms. The molecule has 0 aliphatic carbocycles. The first kappa shape index (κ1) is 15.8. The Morgan fingerprint density at radius 1 is 1.25 bits per heavy atom. The van der Waals surface area contributed by atoms with Crippen LogP contribution in [0.1, 0.15) is 38.2 Å². The number of nitrogens with one attached hydrogen (secondary N) is 1. The van der Waals surface area contributed by atoms with E-state index in [1.807, 2.05) is 12.1 Å². The average molecular weight is 296 g/mol. The first-order valence-corrected chi connectivity index (χ1v) is 8.21. The topological polar surface area (TPSA) is 21.3 Å². The van der Waals surface area contributed by atoms with E-state index >= 15 is 0 Å². The molecule has 1 saturated heterocycles. The van der Waals surface area contributed by atoms with Crippen molar-refractivity contribution >= 4 is 11.6 Å². The molecule has 0 saturated carbocycles. The van der Waals surface area contributed by atoms with Crippen molar-refractivity contribution in [1.82, 2.24) is 5.32 Å². The van der Waals surface area contributed by atoms with Gasteiger partial charge in [-0.1, -0.05) is 30.7 Å². The fraction of sp³-hybridized carbons (Fsp3) is 0.647. The molecule has 2 nitrogen and oxygen atoms in total. The molecule has 0 spiro atoms. The van der Waals surface area contributed by atoms with Gasteiger partial charge in [0.2, 0.25) is 0 Å². The van der Waals surface area contributed by atoms with Gasteiger partial charge in [-0.15, -0.1) is 0 Å². The SMILES string of the molecule is CCCNC(Cc1ccc(Cl)cc1)CC1CCOCC1. The van der Waals surface area contributed by atoms with Crippen molar-refractivity contribution in [2.45, 2.75) is 45.1 Å². The van der Waals surface area contributed by atoms with Crippen molar-refractivity contribution in [3.05, 3.63) is 34.9 Å². The Balaban J connectivity index is 1.89. The first-order valence-electron chi connectivity index (χ1n) is 7.83. The molecule has 0 bridgehead atoms. The fourth-order valence-electron chi connectivity index (χ4n) is 2.88. The Bertz CT molecular complexity index is 373. The number of halogens is 1. The molecule has 1 aromatic carbocycles. The van der Waals surface area contributed by atoms with Crippen LogP contribution in [0.2, 0.25) is 5.02 Å². The molecule has 0 amide bonds. The molecule has 0 aromatic heterocycles. The molecular formula is C17H26ClNO. The minimum atomic E-state index is 0.569. The van der Waals surface area contributed by atoms with E-state index in [1.165, 1.54) is 31.2 Å². The second kappa shape index (κ2) is 8.66. The zero-order valence-electron chi connectivity index (χ0n) is 12.4. The Hall–Kier alpha value is -0.570. The van der Waals surface area contributed by atoms with Crippen molar-refractivity contribution in [1.29, 1.82) is 0 Å². The van der Waals surface area contributed by atoms with Gasteiger partial charge in [-0.3, -0.25) is 0 Å². The smallest absolute Gasteiger partial charge is 0.0468 e. The minimum Gasteiger partial charge on any atom is -0.381 e. The van der Waals surface area contributed by atoms with Gasteiger partial charge in [-0.2, -0.15) is 0 Å². The molecule has 1 atom stereocenters. The first-order chi connectivity index (χ1) is 9.78. The van der Waals surface area contributed by atoms with Gasteiger partial charge in [-0.05, 0) is 62.3 Å². The summed E-state index contributed by atoms with van der Waals surface area (Å²) in [6, 6.07) is 8.84. The quantitative estimate of drug-likeness (QED) is 0.819. The van der Waals surface area contributed by atoms with Gasteiger partial charge in [0.15, 0.2) is 0 Å². The third kappa shape index (κ3) is 5.43. The summed E-state index contributed by atoms with van der Waals surface area (Å²) in [7, 11) is 0. The monoisotopic (exact) mass is 295 g/mol. The molecule has 1 aliphatic heterocycles. The Kier molecular flexibility index (Phi) is 6.85. The fourth-order valence-corrected chi connectivity index (χ4v) is 3.00. The van der Waals surface area contributed by atoms with E-state index in [-0.39, 0.29) is 0 Å². The van der Waals surface area contributed by atoms with Crippen LogP contribution < -0.4 is 5.32 Å². The maximum absolute atomic E-state index is 5.96. The molecule has 112 valence electrons. The van der Waals surface area contributed by atoms with Crippen molar-refractivity contribution in [2.75, 3.05) is 19.8 Å². The van der Waals surface area contributed by atoms with Crippen LogP contribution in [0.25, 0.3) is 0 Å². The van der Waals surface area contributed by atoms with E-state index in [0.29, 0.717) is 6.04 Å². The van der Waals surface area contributed by atoms with E-state index in [4.69, 9.17) is 16.3 Å². The molecule has 1 fully saturated rings. The Morgan fingerprint density at radius 3 is 2.60 bits per heavy atom. The predicted molar refractivity (Wildman–Crippen MR) is 85.4 cm³/mol. The molecule has 2 rings (SSSR count). The average Bonchev–Trinajstić information content (AvgIpc) is 2.48. The van der Waals surface area contributed by atoms with Gasteiger partial charge >= 0.3 is 0 Å². The van der Waals surface area contributed by atoms with Gasteiger partial charge in [0, 0.05) is 24.3 Å². The molecule has 1 heterocycles. The van der Waals surface area contributed by atoms with E-state index in [9.17, 15) is 0 Å². The van der Waals surface area contributed by atoms with Crippen LogP contribution in [0.3, 0.4) is 0 Å². The largest absolute Gasteiger partial charge is 0.381 e. The van der Waals surface area contributed by atoms with Crippen LogP contribution in [0, 0.1) is 5.92 Å². The number of hydrogen-bond acceptors (Lipinski definition) is 2. The van der Waals surface area contributed by atoms with E-state index in [1.54, 1.807) is 0 Å². The van der Waals surface area contributed by atoms with Crippen LogP contribution in [-0.2, 0) is 11.2 Å². The summed E-state index contributed by atoms with van der Waals surface area (Å²) in [5.41, 5.74) is 1.37. The lowest BCUT2D eigenvalue weighted by Gasteiger charge is -2.27. The summed E-state index contributed by atoms with van der Waals surface area (Å²) in [6.07, 6.45) is 5.96. The van der Waals surface area contributed by atoms with Gasteiger partial charge < -0.3 is 10.1 Å². The zero-order chi connectivity index (χ0) is 14.2. The highest BCUT2D eigenvalue weighted by atomic mass is 35.5. The van der Waals surface area contributed by atoms with E-state index in [2.05, 4.69) is 24.4 Å². The summed E-state index contributed by atoms with van der Waals surface area (Å²) in [5, 5.41) is 4.52. The van der Waals surface area contributed by atoms with Gasteiger partial charge in [0.25, 0.3) is 0 Å². The lowest BCUT2D eigenvalue weighted by atomic mass is 9.90. The van der Waals surface area contributed by atoms with Crippen LogP contribution in [-0.4, -0.2) is 25.8 Å². The molecule has 20 heavy (non-hydrogen) atoms. The third-order valence-electron chi connectivity index (χ3n) is 4.04. The molecule has 0 radical (unpaired) electrons. The van der Waals surface area contributed by atoms with Crippen molar-refractivity contribution in [3.63, 3.8) is 0 Å². The van der Waals surface area contributed by atoms with Crippen molar-refractivity contribution in [2.24, 2.45) is 5.92 Å². The summed E-state index contributed by atoms with van der Waals surface area (Å²) >= 11 is 5.96. The summed E-state index contributed by atoms with van der Waals surface area (Å²) in [5.74, 6) is 0.811. The number of benzene rings is 1. The summed E-state index contributed by atoms with van der Waals surface area (Å²) < 4.78 is 5.46. The maximum Gasteiger partial charge on any atom is 0.0468 e. The van der Waals surface area contributed by atoms with Gasteiger partial charge in [0.05, 0.1) is 0 Å².